The van der Waals surface area contributed by atoms with E-state index in [4.69, 9.17) is 10.5 Å². The van der Waals surface area contributed by atoms with Crippen LogP contribution in [0.5, 0.6) is 5.75 Å². The first-order valence-electron chi connectivity index (χ1n) is 8.50. The maximum absolute atomic E-state index is 5.99. The Morgan fingerprint density at radius 1 is 1.19 bits per heavy atom. The summed E-state index contributed by atoms with van der Waals surface area (Å²) in [6, 6.07) is 14.0. The van der Waals surface area contributed by atoms with Crippen molar-refractivity contribution in [2.45, 2.75) is 19.8 Å². The number of guanidine groups is 1. The summed E-state index contributed by atoms with van der Waals surface area (Å²) in [7, 11) is 1.64. The molecule has 1 aromatic heterocycles. The maximum Gasteiger partial charge on any atom is 0.193 e. The van der Waals surface area contributed by atoms with E-state index in [-0.39, 0.29) is 24.0 Å². The molecule has 6 heteroatoms. The molecule has 0 amide bonds. The minimum atomic E-state index is 0. The second kappa shape index (κ2) is 9.47. The lowest BCUT2D eigenvalue weighted by Crippen LogP contribution is -2.23. The van der Waals surface area contributed by atoms with Crippen LogP contribution in [0.25, 0.3) is 10.9 Å². The average Bonchev–Trinajstić information content (AvgIpc) is 3.05. The van der Waals surface area contributed by atoms with Gasteiger partial charge < -0.3 is 20.8 Å². The summed E-state index contributed by atoms with van der Waals surface area (Å²) in [5.41, 5.74) is 10.7. The first kappa shape index (κ1) is 20.1. The first-order chi connectivity index (χ1) is 12.2. The summed E-state index contributed by atoms with van der Waals surface area (Å²) in [4.78, 5) is 7.82. The number of fused-ring (bicyclic) bond motifs is 1. The molecule has 0 radical (unpaired) electrons. The van der Waals surface area contributed by atoms with Crippen LogP contribution in [0.2, 0.25) is 0 Å². The Labute approximate surface area is 171 Å². The summed E-state index contributed by atoms with van der Waals surface area (Å²) in [5, 5.41) is 4.36. The topological polar surface area (TPSA) is 75.4 Å². The van der Waals surface area contributed by atoms with E-state index < -0.39 is 0 Å². The number of aliphatic imine (C=N–C) groups is 1. The number of para-hydroxylation sites is 1. The molecule has 0 atom stereocenters. The average molecular weight is 464 g/mol. The monoisotopic (exact) mass is 464 g/mol. The van der Waals surface area contributed by atoms with Crippen LogP contribution in [-0.2, 0) is 12.8 Å². The Hall–Kier alpha value is -2.22. The first-order valence-corrected chi connectivity index (χ1v) is 8.50. The van der Waals surface area contributed by atoms with E-state index in [2.05, 4.69) is 46.6 Å². The number of anilines is 1. The Balaban J connectivity index is 0.00000243. The van der Waals surface area contributed by atoms with Gasteiger partial charge in [-0.3, -0.25) is 4.99 Å². The van der Waals surface area contributed by atoms with Gasteiger partial charge in [0, 0.05) is 35.4 Å². The highest BCUT2D eigenvalue weighted by Gasteiger charge is 2.06. The van der Waals surface area contributed by atoms with Crippen LogP contribution in [0.3, 0.4) is 0 Å². The highest BCUT2D eigenvalue weighted by atomic mass is 127. The number of aromatic nitrogens is 1. The maximum atomic E-state index is 5.99. The molecule has 0 aliphatic rings. The standard InChI is InChI=1S/C20H24N4O.HI/c1-3-14-6-4-9-18-15(13-23-19(14)18)10-11-22-20(21)24-16-7-5-8-17(12-16)25-2;/h4-9,12-13,23H,3,10-11H2,1-2H3,(H3,21,22,24);1H. The van der Waals surface area contributed by atoms with Crippen LogP contribution < -0.4 is 15.8 Å². The molecule has 0 bridgehead atoms. The number of H-pyrrole nitrogens is 1. The fraction of sp³-hybridized carbons (Fsp3) is 0.250. The highest BCUT2D eigenvalue weighted by molar-refractivity contribution is 14.0. The van der Waals surface area contributed by atoms with Gasteiger partial charge in [0.15, 0.2) is 5.96 Å². The number of aromatic amines is 1. The number of nitrogens with zero attached hydrogens (tertiary/aromatic N) is 1. The van der Waals surface area contributed by atoms with Gasteiger partial charge in [-0.05, 0) is 36.1 Å². The van der Waals surface area contributed by atoms with E-state index in [1.807, 2.05) is 24.3 Å². The molecule has 138 valence electrons. The fourth-order valence-electron chi connectivity index (χ4n) is 2.96. The number of aryl methyl sites for hydroxylation is 1. The van der Waals surface area contributed by atoms with Crippen molar-refractivity contribution in [2.24, 2.45) is 10.7 Å². The number of benzene rings is 2. The van der Waals surface area contributed by atoms with Crippen LogP contribution in [-0.4, -0.2) is 24.6 Å². The molecule has 0 saturated carbocycles. The number of ether oxygens (including phenoxy) is 1. The van der Waals surface area contributed by atoms with Crippen molar-refractivity contribution in [3.8, 4) is 5.75 Å². The van der Waals surface area contributed by atoms with E-state index in [0.717, 1.165) is 24.3 Å². The largest absolute Gasteiger partial charge is 0.497 e. The molecule has 1 heterocycles. The zero-order valence-electron chi connectivity index (χ0n) is 15.1. The molecule has 0 saturated heterocycles. The molecule has 0 aliphatic heterocycles. The Bertz CT molecular complexity index is 888. The van der Waals surface area contributed by atoms with Gasteiger partial charge >= 0.3 is 0 Å². The Kier molecular flexibility index (Phi) is 7.32. The smallest absolute Gasteiger partial charge is 0.193 e. The van der Waals surface area contributed by atoms with E-state index in [9.17, 15) is 0 Å². The summed E-state index contributed by atoms with van der Waals surface area (Å²) < 4.78 is 5.20. The zero-order chi connectivity index (χ0) is 17.6. The highest BCUT2D eigenvalue weighted by Crippen LogP contribution is 2.22. The number of hydrogen-bond donors (Lipinski definition) is 3. The summed E-state index contributed by atoms with van der Waals surface area (Å²) in [6.45, 7) is 2.80. The van der Waals surface area contributed by atoms with E-state index in [0.29, 0.717) is 12.5 Å². The van der Waals surface area contributed by atoms with Crippen molar-refractivity contribution in [2.75, 3.05) is 19.0 Å². The van der Waals surface area contributed by atoms with Gasteiger partial charge in [0.1, 0.15) is 5.75 Å². The van der Waals surface area contributed by atoms with Crippen molar-refractivity contribution in [1.82, 2.24) is 4.98 Å². The molecular formula is C20H25IN4O. The molecule has 0 unspecified atom stereocenters. The Morgan fingerprint density at radius 2 is 2.00 bits per heavy atom. The van der Waals surface area contributed by atoms with Crippen LogP contribution in [0.15, 0.2) is 53.7 Å². The van der Waals surface area contributed by atoms with E-state index in [1.54, 1.807) is 7.11 Å². The zero-order valence-corrected chi connectivity index (χ0v) is 17.4. The van der Waals surface area contributed by atoms with Gasteiger partial charge in [-0.1, -0.05) is 31.2 Å². The third-order valence-electron chi connectivity index (χ3n) is 4.27. The fourth-order valence-corrected chi connectivity index (χ4v) is 2.96. The molecular weight excluding hydrogens is 439 g/mol. The predicted octanol–water partition coefficient (Wildman–Crippen LogP) is 4.33. The number of nitrogens with one attached hydrogen (secondary N) is 2. The molecule has 4 N–H and O–H groups in total. The van der Waals surface area contributed by atoms with Gasteiger partial charge in [-0.25, -0.2) is 0 Å². The van der Waals surface area contributed by atoms with Crippen LogP contribution in [0.4, 0.5) is 5.69 Å². The van der Waals surface area contributed by atoms with Gasteiger partial charge in [-0.15, -0.1) is 24.0 Å². The molecule has 2 aromatic carbocycles. The van der Waals surface area contributed by atoms with Crippen molar-refractivity contribution < 1.29 is 4.74 Å². The lowest BCUT2D eigenvalue weighted by Gasteiger charge is -2.07. The van der Waals surface area contributed by atoms with Crippen LogP contribution in [0.1, 0.15) is 18.1 Å². The summed E-state index contributed by atoms with van der Waals surface area (Å²) in [6.07, 6.45) is 3.94. The minimum absolute atomic E-state index is 0. The normalized spacial score (nSPS) is 11.2. The summed E-state index contributed by atoms with van der Waals surface area (Å²) >= 11 is 0. The second-order valence-corrected chi connectivity index (χ2v) is 5.88. The lowest BCUT2D eigenvalue weighted by molar-refractivity contribution is 0.415. The van der Waals surface area contributed by atoms with Gasteiger partial charge in [0.25, 0.3) is 0 Å². The van der Waals surface area contributed by atoms with E-state index >= 15 is 0 Å². The molecule has 0 fully saturated rings. The van der Waals surface area contributed by atoms with Gasteiger partial charge in [0.2, 0.25) is 0 Å². The second-order valence-electron chi connectivity index (χ2n) is 5.88. The minimum Gasteiger partial charge on any atom is -0.497 e. The van der Waals surface area contributed by atoms with Crippen LogP contribution in [0, 0.1) is 0 Å². The van der Waals surface area contributed by atoms with Crippen molar-refractivity contribution >= 4 is 46.5 Å². The molecule has 0 spiro atoms. The molecule has 3 aromatic rings. The quantitative estimate of drug-likeness (QED) is 0.289. The molecule has 5 nitrogen and oxygen atoms in total. The molecule has 0 aliphatic carbocycles. The molecule has 3 rings (SSSR count). The Morgan fingerprint density at radius 3 is 2.77 bits per heavy atom. The number of halogens is 1. The number of methoxy groups -OCH3 is 1. The molecule has 26 heavy (non-hydrogen) atoms. The van der Waals surface area contributed by atoms with Crippen molar-refractivity contribution in [3.05, 3.63) is 59.8 Å². The predicted molar refractivity (Wildman–Crippen MR) is 120 cm³/mol. The third-order valence-corrected chi connectivity index (χ3v) is 4.27. The number of hydrogen-bond acceptors (Lipinski definition) is 2. The van der Waals surface area contributed by atoms with Gasteiger partial charge in [-0.2, -0.15) is 0 Å². The lowest BCUT2D eigenvalue weighted by atomic mass is 10.1. The number of rotatable bonds is 6. The number of nitrogens with two attached hydrogens (primary N) is 1. The van der Waals surface area contributed by atoms with Gasteiger partial charge in [0.05, 0.1) is 7.11 Å². The summed E-state index contributed by atoms with van der Waals surface area (Å²) in [5.74, 6) is 1.19. The van der Waals surface area contributed by atoms with Crippen molar-refractivity contribution in [1.29, 1.82) is 0 Å². The van der Waals surface area contributed by atoms with Crippen LogP contribution >= 0.6 is 24.0 Å². The van der Waals surface area contributed by atoms with E-state index in [1.165, 1.54) is 22.0 Å². The third kappa shape index (κ3) is 4.69. The SMILES string of the molecule is CCc1cccc2c(CCN=C(N)Nc3cccc(OC)c3)c[nH]c12.I. The van der Waals surface area contributed by atoms with Crippen molar-refractivity contribution in [3.63, 3.8) is 0 Å².